The third kappa shape index (κ3) is 4.10. The summed E-state index contributed by atoms with van der Waals surface area (Å²) >= 11 is 0. The second-order valence-electron chi connectivity index (χ2n) is 5.94. The van der Waals surface area contributed by atoms with Gasteiger partial charge in [0.05, 0.1) is 17.9 Å². The number of guanidine groups is 1. The van der Waals surface area contributed by atoms with Crippen LogP contribution in [0.25, 0.3) is 5.69 Å². The monoisotopic (exact) mass is 299 g/mol. The zero-order chi connectivity index (χ0) is 16.1. The number of hydrogen-bond donors (Lipinski definition) is 2. The van der Waals surface area contributed by atoms with Gasteiger partial charge in [-0.2, -0.15) is 5.10 Å². The lowest BCUT2D eigenvalue weighted by Gasteiger charge is -2.11. The van der Waals surface area contributed by atoms with E-state index in [0.29, 0.717) is 18.4 Å². The first kappa shape index (κ1) is 16.1. The van der Waals surface area contributed by atoms with Gasteiger partial charge < -0.3 is 11.1 Å². The average Bonchev–Trinajstić information content (AvgIpc) is 2.81. The van der Waals surface area contributed by atoms with Crippen molar-refractivity contribution in [1.29, 1.82) is 0 Å². The zero-order valence-corrected chi connectivity index (χ0v) is 13.8. The van der Waals surface area contributed by atoms with Gasteiger partial charge in [-0.05, 0) is 37.5 Å². The molecule has 0 aliphatic rings. The van der Waals surface area contributed by atoms with E-state index in [0.717, 1.165) is 29.2 Å². The smallest absolute Gasteiger partial charge is 0.188 e. The Labute approximate surface area is 132 Å². The van der Waals surface area contributed by atoms with E-state index in [1.165, 1.54) is 0 Å². The molecule has 0 unspecified atom stereocenters. The first-order valence-electron chi connectivity index (χ1n) is 7.62. The van der Waals surface area contributed by atoms with Gasteiger partial charge in [-0.1, -0.05) is 32.0 Å². The van der Waals surface area contributed by atoms with Crippen molar-refractivity contribution < 1.29 is 0 Å². The minimum atomic E-state index is 0.483. The Morgan fingerprint density at radius 3 is 2.68 bits per heavy atom. The van der Waals surface area contributed by atoms with Gasteiger partial charge in [-0.25, -0.2) is 9.67 Å². The van der Waals surface area contributed by atoms with E-state index < -0.39 is 0 Å². The number of nitrogens with one attached hydrogen (secondary N) is 1. The molecule has 118 valence electrons. The third-order valence-electron chi connectivity index (χ3n) is 3.34. The van der Waals surface area contributed by atoms with E-state index in [1.54, 1.807) is 0 Å². The van der Waals surface area contributed by atoms with Crippen molar-refractivity contribution in [3.63, 3.8) is 0 Å². The number of para-hydroxylation sites is 1. The predicted molar refractivity (Wildman–Crippen MR) is 91.2 cm³/mol. The van der Waals surface area contributed by atoms with Crippen LogP contribution < -0.4 is 11.1 Å². The minimum absolute atomic E-state index is 0.483. The van der Waals surface area contributed by atoms with Gasteiger partial charge in [0.2, 0.25) is 0 Å². The van der Waals surface area contributed by atoms with Crippen LogP contribution in [-0.4, -0.2) is 22.3 Å². The highest BCUT2D eigenvalue weighted by atomic mass is 15.3. The van der Waals surface area contributed by atoms with Crippen molar-refractivity contribution in [3.05, 3.63) is 47.3 Å². The van der Waals surface area contributed by atoms with Crippen LogP contribution in [0.3, 0.4) is 0 Å². The highest BCUT2D eigenvalue weighted by Gasteiger charge is 2.08. The molecule has 2 rings (SSSR count). The van der Waals surface area contributed by atoms with Crippen LogP contribution in [0.15, 0.2) is 35.3 Å². The van der Waals surface area contributed by atoms with Gasteiger partial charge in [0.15, 0.2) is 5.96 Å². The number of aryl methyl sites for hydroxylation is 2. The number of nitrogens with zero attached hydrogens (tertiary/aromatic N) is 3. The largest absolute Gasteiger partial charge is 0.370 e. The highest BCUT2D eigenvalue weighted by Crippen LogP contribution is 2.17. The van der Waals surface area contributed by atoms with Crippen molar-refractivity contribution in [1.82, 2.24) is 15.1 Å². The molecule has 0 aliphatic carbocycles. The number of aromatic nitrogens is 2. The minimum Gasteiger partial charge on any atom is -0.370 e. The van der Waals surface area contributed by atoms with E-state index in [2.05, 4.69) is 54.4 Å². The van der Waals surface area contributed by atoms with Crippen LogP contribution in [0.4, 0.5) is 0 Å². The summed E-state index contributed by atoms with van der Waals surface area (Å²) in [6.07, 6.45) is 0. The molecule has 0 saturated carbocycles. The number of nitrogens with two attached hydrogens (primary N) is 1. The van der Waals surface area contributed by atoms with Gasteiger partial charge in [0.1, 0.15) is 0 Å². The fraction of sp³-hybridized carbons (Fsp3) is 0.412. The molecule has 1 aromatic carbocycles. The molecule has 1 heterocycles. The summed E-state index contributed by atoms with van der Waals surface area (Å²) in [5.74, 6) is 1.02. The molecule has 2 aromatic rings. The molecule has 3 N–H and O–H groups in total. The molecule has 0 aliphatic heterocycles. The van der Waals surface area contributed by atoms with Gasteiger partial charge in [-0.3, -0.25) is 0 Å². The molecule has 0 saturated heterocycles. The topological polar surface area (TPSA) is 68.2 Å². The zero-order valence-electron chi connectivity index (χ0n) is 13.8. The second-order valence-corrected chi connectivity index (χ2v) is 5.94. The van der Waals surface area contributed by atoms with Gasteiger partial charge >= 0.3 is 0 Å². The van der Waals surface area contributed by atoms with Crippen molar-refractivity contribution >= 4 is 5.96 Å². The lowest BCUT2D eigenvalue weighted by Crippen LogP contribution is -2.34. The third-order valence-corrected chi connectivity index (χ3v) is 3.34. The van der Waals surface area contributed by atoms with E-state index in [-0.39, 0.29) is 0 Å². The summed E-state index contributed by atoms with van der Waals surface area (Å²) in [6.45, 7) is 9.69. The summed E-state index contributed by atoms with van der Waals surface area (Å²) in [6, 6.07) is 10.2. The molecule has 5 nitrogen and oxygen atoms in total. The molecular weight excluding hydrogens is 274 g/mol. The van der Waals surface area contributed by atoms with Crippen molar-refractivity contribution in [2.45, 2.75) is 34.2 Å². The Bertz CT molecular complexity index is 655. The van der Waals surface area contributed by atoms with Crippen LogP contribution in [0.1, 0.15) is 30.8 Å². The maximum Gasteiger partial charge on any atom is 0.188 e. The predicted octanol–water partition coefficient (Wildman–Crippen LogP) is 2.55. The van der Waals surface area contributed by atoms with Gasteiger partial charge in [0, 0.05) is 12.2 Å². The lowest BCUT2D eigenvalue weighted by molar-refractivity contribution is 0.621. The van der Waals surface area contributed by atoms with Gasteiger partial charge in [-0.15, -0.1) is 0 Å². The van der Waals surface area contributed by atoms with Crippen molar-refractivity contribution in [2.24, 2.45) is 16.6 Å². The second kappa shape index (κ2) is 7.11. The lowest BCUT2D eigenvalue weighted by atomic mass is 10.2. The summed E-state index contributed by atoms with van der Waals surface area (Å²) in [7, 11) is 0. The van der Waals surface area contributed by atoms with E-state index in [9.17, 15) is 0 Å². The van der Waals surface area contributed by atoms with E-state index >= 15 is 0 Å². The number of aliphatic imine (C=N–C) groups is 1. The molecule has 5 heteroatoms. The normalized spacial score (nSPS) is 12.0. The molecule has 0 atom stereocenters. The summed E-state index contributed by atoms with van der Waals surface area (Å²) in [5, 5.41) is 7.68. The van der Waals surface area contributed by atoms with Crippen molar-refractivity contribution in [2.75, 3.05) is 6.54 Å². The molecule has 0 spiro atoms. The average molecular weight is 299 g/mol. The fourth-order valence-corrected chi connectivity index (χ4v) is 2.26. The Hall–Kier alpha value is -2.30. The molecule has 0 bridgehead atoms. The molecule has 22 heavy (non-hydrogen) atoms. The van der Waals surface area contributed by atoms with Crippen LogP contribution >= 0.6 is 0 Å². The van der Waals surface area contributed by atoms with Crippen LogP contribution in [0.2, 0.25) is 0 Å². The SMILES string of the molecule is Cc1cc(C)n(-c2ccccc2CN=C(N)NCC(C)C)n1. The van der Waals surface area contributed by atoms with Gasteiger partial charge in [0.25, 0.3) is 0 Å². The standard InChI is InChI=1S/C17H25N5/c1-12(2)10-19-17(18)20-11-15-7-5-6-8-16(15)22-14(4)9-13(3)21-22/h5-9,12H,10-11H2,1-4H3,(H3,18,19,20). The number of benzene rings is 1. The summed E-state index contributed by atoms with van der Waals surface area (Å²) in [5.41, 5.74) is 10.2. The first-order chi connectivity index (χ1) is 10.5. The first-order valence-corrected chi connectivity index (χ1v) is 7.62. The quantitative estimate of drug-likeness (QED) is 0.658. The fourth-order valence-electron chi connectivity index (χ4n) is 2.26. The molecule has 0 fully saturated rings. The van der Waals surface area contributed by atoms with E-state index in [1.807, 2.05) is 23.7 Å². The van der Waals surface area contributed by atoms with Crippen molar-refractivity contribution in [3.8, 4) is 5.69 Å². The van der Waals surface area contributed by atoms with Crippen LogP contribution in [0.5, 0.6) is 0 Å². The Morgan fingerprint density at radius 1 is 1.32 bits per heavy atom. The van der Waals surface area contributed by atoms with Crippen LogP contribution in [-0.2, 0) is 6.54 Å². The highest BCUT2D eigenvalue weighted by molar-refractivity contribution is 5.77. The Balaban J connectivity index is 2.19. The van der Waals surface area contributed by atoms with Crippen LogP contribution in [0, 0.1) is 19.8 Å². The maximum absolute atomic E-state index is 5.91. The molecule has 0 amide bonds. The number of hydrogen-bond acceptors (Lipinski definition) is 2. The Morgan fingerprint density at radius 2 is 2.05 bits per heavy atom. The van der Waals surface area contributed by atoms with E-state index in [4.69, 9.17) is 5.73 Å². The summed E-state index contributed by atoms with van der Waals surface area (Å²) in [4.78, 5) is 4.43. The molecule has 1 aromatic heterocycles. The summed E-state index contributed by atoms with van der Waals surface area (Å²) < 4.78 is 1.96. The maximum atomic E-state index is 5.91. The Kier molecular flexibility index (Phi) is 5.20. The molecule has 0 radical (unpaired) electrons. The number of rotatable bonds is 5. The molecular formula is C17H25N5.